The maximum absolute atomic E-state index is 15.2. The summed E-state index contributed by atoms with van der Waals surface area (Å²) in [6.45, 7) is -0.279. The van der Waals surface area contributed by atoms with Crippen molar-refractivity contribution >= 4 is 24.9 Å². The number of aryl methyl sites for hydroxylation is 1. The third kappa shape index (κ3) is 5.15. The molecule has 2 aliphatic heterocycles. The van der Waals surface area contributed by atoms with Gasteiger partial charge in [-0.3, -0.25) is 23.0 Å². The summed E-state index contributed by atoms with van der Waals surface area (Å²) in [4.78, 5) is 51.7. The fraction of sp³-hybridized carbons (Fsp3) is 0.579. The number of anilines is 1. The van der Waals surface area contributed by atoms with E-state index in [0.717, 1.165) is 17.2 Å². The van der Waals surface area contributed by atoms with E-state index in [9.17, 15) is 33.7 Å². The van der Waals surface area contributed by atoms with Crippen molar-refractivity contribution in [2.75, 3.05) is 18.9 Å². The van der Waals surface area contributed by atoms with Gasteiger partial charge in [-0.05, 0) is 6.92 Å². The number of hydrogen-bond acceptors (Lipinski definition) is 14. The number of phosphoric ester groups is 1. The average molecular weight is 592 g/mol. The molecule has 3 aromatic rings. The van der Waals surface area contributed by atoms with Crippen LogP contribution in [0.1, 0.15) is 18.3 Å². The predicted octanol–water partition coefficient (Wildman–Crippen LogP) is -2.01. The van der Waals surface area contributed by atoms with Gasteiger partial charge >= 0.3 is 13.5 Å². The number of nitrogens with two attached hydrogens (primary N) is 1. The number of fused-ring (bicyclic) bond motifs is 1. The Kier molecular flexibility index (Phi) is 7.52. The van der Waals surface area contributed by atoms with Crippen LogP contribution in [0, 0.1) is 6.92 Å². The number of H-pyrrole nitrogens is 1. The second kappa shape index (κ2) is 10.6. The molecule has 218 valence electrons. The molecule has 0 amide bonds. The minimum absolute atomic E-state index is 0.0238. The smallest absolute Gasteiger partial charge is 0.394 e. The maximum atomic E-state index is 15.2. The molecular formula is C19H23F2N8O10P. The quantitative estimate of drug-likeness (QED) is 0.177. The first kappa shape index (κ1) is 28.3. The first-order chi connectivity index (χ1) is 18.9. The average Bonchev–Trinajstić information content (AvgIpc) is 3.53. The Balaban J connectivity index is 1.27. The first-order valence-corrected chi connectivity index (χ1v) is 13.1. The van der Waals surface area contributed by atoms with E-state index in [0.29, 0.717) is 4.57 Å². The molecule has 2 aliphatic rings. The molecule has 2 fully saturated rings. The van der Waals surface area contributed by atoms with Gasteiger partial charge in [-0.2, -0.15) is 4.98 Å². The van der Waals surface area contributed by atoms with Gasteiger partial charge in [0, 0.05) is 0 Å². The van der Waals surface area contributed by atoms with Crippen molar-refractivity contribution in [3.05, 3.63) is 39.3 Å². The van der Waals surface area contributed by atoms with Crippen LogP contribution in [0.15, 0.2) is 22.2 Å². The fourth-order valence-corrected chi connectivity index (χ4v) is 5.32. The van der Waals surface area contributed by atoms with Gasteiger partial charge in [-0.25, -0.2) is 33.1 Å². The third-order valence-corrected chi connectivity index (χ3v) is 7.23. The van der Waals surface area contributed by atoms with Crippen LogP contribution >= 0.6 is 7.82 Å². The number of aliphatic hydroxyl groups excluding tert-OH is 2. The second-order valence-corrected chi connectivity index (χ2v) is 10.3. The van der Waals surface area contributed by atoms with Gasteiger partial charge < -0.3 is 35.3 Å². The molecule has 0 aromatic carbocycles. The van der Waals surface area contributed by atoms with E-state index >= 15 is 4.39 Å². The molecule has 9 atom stereocenters. The number of nitrogens with zero attached hydrogens (tertiary/aromatic N) is 6. The van der Waals surface area contributed by atoms with Crippen LogP contribution < -0.4 is 17.0 Å². The van der Waals surface area contributed by atoms with Crippen molar-refractivity contribution in [1.82, 2.24) is 34.1 Å². The highest BCUT2D eigenvalue weighted by Gasteiger charge is 2.51. The Labute approximate surface area is 221 Å². The largest absolute Gasteiger partial charge is 0.472 e. The Morgan fingerprint density at radius 3 is 2.50 bits per heavy atom. The number of nitrogen functional groups attached to an aromatic ring is 1. The molecule has 3 unspecified atom stereocenters. The van der Waals surface area contributed by atoms with Crippen molar-refractivity contribution in [2.45, 2.75) is 56.1 Å². The van der Waals surface area contributed by atoms with Gasteiger partial charge in [-0.1, -0.05) is 0 Å². The number of rotatable bonds is 8. The Hall–Kier alpha value is -3.23. The van der Waals surface area contributed by atoms with E-state index in [1.165, 1.54) is 6.92 Å². The van der Waals surface area contributed by atoms with E-state index in [4.69, 9.17) is 24.3 Å². The van der Waals surface area contributed by atoms with Crippen LogP contribution in [0.2, 0.25) is 0 Å². The molecule has 21 heteroatoms. The van der Waals surface area contributed by atoms with Crippen molar-refractivity contribution in [3.8, 4) is 0 Å². The van der Waals surface area contributed by atoms with Crippen molar-refractivity contribution < 1.29 is 47.0 Å². The van der Waals surface area contributed by atoms with E-state index in [-0.39, 0.29) is 22.9 Å². The summed E-state index contributed by atoms with van der Waals surface area (Å²) < 4.78 is 65.0. The number of ether oxygens (including phenoxy) is 2. The standard InChI is InChI=1S/C19H23F2N8O10P/c1-6-25-14-11(15(32)26-6)23-4-28(14)16-9(20)12(31)8(38-16)3-36-40(34,35)39-13-7(2-30)37-17(10(13)21)29-5-24-18(22)27-19(29)33/h4-5,7-10,12-13,16-17,30-31H,2-3H2,1H3,(H,34,35)(H2,22,27,33)(H,25,26,32)/t7-,8-,9?,10?,12+,13+,16-,17-/m1/s1. The van der Waals surface area contributed by atoms with E-state index < -0.39 is 81.5 Å². The van der Waals surface area contributed by atoms with Crippen LogP contribution in [-0.4, -0.2) is 99.1 Å². The number of aliphatic hydroxyl groups is 2. The van der Waals surface area contributed by atoms with Gasteiger partial charge in [0.15, 0.2) is 36.0 Å². The molecule has 0 radical (unpaired) electrons. The van der Waals surface area contributed by atoms with Crippen LogP contribution in [-0.2, 0) is 23.1 Å². The lowest BCUT2D eigenvalue weighted by Gasteiger charge is -2.22. The Bertz CT molecular complexity index is 1570. The molecule has 0 aliphatic carbocycles. The molecule has 2 saturated heterocycles. The monoisotopic (exact) mass is 592 g/mol. The van der Waals surface area contributed by atoms with Crippen LogP contribution in [0.3, 0.4) is 0 Å². The number of halogens is 2. The van der Waals surface area contributed by atoms with Crippen LogP contribution in [0.4, 0.5) is 14.7 Å². The lowest BCUT2D eigenvalue weighted by molar-refractivity contribution is -0.0576. The van der Waals surface area contributed by atoms with Crippen molar-refractivity contribution in [2.24, 2.45) is 0 Å². The first-order valence-electron chi connectivity index (χ1n) is 11.6. The second-order valence-electron chi connectivity index (χ2n) is 8.91. The Morgan fingerprint density at radius 2 is 1.80 bits per heavy atom. The number of imidazole rings is 1. The molecule has 18 nitrogen and oxygen atoms in total. The summed E-state index contributed by atoms with van der Waals surface area (Å²) in [5.41, 5.74) is 3.57. The molecule has 5 heterocycles. The molecule has 0 spiro atoms. The molecule has 0 bridgehead atoms. The summed E-state index contributed by atoms with van der Waals surface area (Å²) in [6, 6.07) is 0. The van der Waals surface area contributed by atoms with Gasteiger partial charge in [0.05, 0.1) is 19.5 Å². The lowest BCUT2D eigenvalue weighted by Crippen LogP contribution is -2.36. The number of aromatic amines is 1. The van der Waals surface area contributed by atoms with Gasteiger partial charge in [-0.15, -0.1) is 0 Å². The van der Waals surface area contributed by atoms with Crippen molar-refractivity contribution in [3.63, 3.8) is 0 Å². The summed E-state index contributed by atoms with van der Waals surface area (Å²) in [5, 5.41) is 19.9. The molecular weight excluding hydrogens is 569 g/mol. The van der Waals surface area contributed by atoms with Crippen molar-refractivity contribution in [1.29, 1.82) is 0 Å². The van der Waals surface area contributed by atoms with E-state index in [1.54, 1.807) is 0 Å². The summed E-state index contributed by atoms with van der Waals surface area (Å²) in [6.07, 6.45) is -12.5. The van der Waals surface area contributed by atoms with E-state index in [1.807, 2.05) is 0 Å². The molecule has 3 aromatic heterocycles. The summed E-state index contributed by atoms with van der Waals surface area (Å²) >= 11 is 0. The highest BCUT2D eigenvalue weighted by molar-refractivity contribution is 7.47. The normalized spacial score (nSPS) is 32.0. The zero-order valence-corrected chi connectivity index (χ0v) is 21.2. The minimum atomic E-state index is -5.16. The van der Waals surface area contributed by atoms with E-state index in [2.05, 4.69) is 24.9 Å². The number of hydrogen-bond donors (Lipinski definition) is 5. The lowest BCUT2D eigenvalue weighted by atomic mass is 10.1. The molecule has 0 saturated carbocycles. The SMILES string of the molecule is Cc1nc2c(ncn2[C@@H]2O[C@H](COP(=O)(O)O[C@@H]3C(F)[C@H](n4cnc(N)nc4=O)O[C@@H]3CO)[C@H](O)C2F)c(=O)[nH]1. The number of aromatic nitrogens is 7. The maximum Gasteiger partial charge on any atom is 0.472 e. The number of nitrogens with one attached hydrogen (secondary N) is 1. The number of phosphoric acid groups is 1. The van der Waals surface area contributed by atoms with Crippen LogP contribution in [0.25, 0.3) is 11.2 Å². The topological polar surface area (TPSA) is 252 Å². The summed E-state index contributed by atoms with van der Waals surface area (Å²) in [5.74, 6) is -0.171. The van der Waals surface area contributed by atoms with Gasteiger partial charge in [0.1, 0.15) is 36.6 Å². The zero-order valence-electron chi connectivity index (χ0n) is 20.4. The minimum Gasteiger partial charge on any atom is -0.394 e. The molecule has 40 heavy (non-hydrogen) atoms. The molecule has 5 rings (SSSR count). The molecule has 6 N–H and O–H groups in total. The zero-order chi connectivity index (χ0) is 28.9. The highest BCUT2D eigenvalue weighted by Crippen LogP contribution is 2.49. The van der Waals surface area contributed by atoms with Gasteiger partial charge in [0.25, 0.3) is 5.56 Å². The fourth-order valence-electron chi connectivity index (χ4n) is 4.36. The van der Waals surface area contributed by atoms with Gasteiger partial charge in [0.2, 0.25) is 5.95 Å². The van der Waals surface area contributed by atoms with Crippen LogP contribution in [0.5, 0.6) is 0 Å². The summed E-state index contributed by atoms with van der Waals surface area (Å²) in [7, 11) is -5.16. The highest BCUT2D eigenvalue weighted by atomic mass is 31.2. The predicted molar refractivity (Wildman–Crippen MR) is 125 cm³/mol. The third-order valence-electron chi connectivity index (χ3n) is 6.24. The number of alkyl halides is 2. The Morgan fingerprint density at radius 1 is 1.12 bits per heavy atom.